The van der Waals surface area contributed by atoms with Crippen LogP contribution in [0.4, 0.5) is 0 Å². The zero-order chi connectivity index (χ0) is 16.9. The van der Waals surface area contributed by atoms with Gasteiger partial charge < -0.3 is 15.2 Å². The van der Waals surface area contributed by atoms with E-state index in [-0.39, 0.29) is 24.0 Å². The molecule has 2 aromatic heterocycles. The van der Waals surface area contributed by atoms with Gasteiger partial charge in [0.05, 0.1) is 23.3 Å². The molecule has 0 unspecified atom stereocenters. The fourth-order valence-electron chi connectivity index (χ4n) is 2.73. The zero-order valence-electron chi connectivity index (χ0n) is 14.7. The number of guanidine groups is 1. The van der Waals surface area contributed by atoms with Gasteiger partial charge in [0.25, 0.3) is 0 Å². The van der Waals surface area contributed by atoms with Crippen molar-refractivity contribution in [3.8, 4) is 0 Å². The zero-order valence-corrected chi connectivity index (χ0v) is 17.1. The summed E-state index contributed by atoms with van der Waals surface area (Å²) in [4.78, 5) is 8.85. The van der Waals surface area contributed by atoms with E-state index in [1.807, 2.05) is 42.9 Å². The lowest BCUT2D eigenvalue weighted by Crippen LogP contribution is -2.38. The molecule has 0 saturated heterocycles. The quantitative estimate of drug-likeness (QED) is 0.353. The van der Waals surface area contributed by atoms with Crippen LogP contribution < -0.4 is 10.6 Å². The normalized spacial score (nSPS) is 11.4. The Labute approximate surface area is 164 Å². The molecular weight excluding hydrogens is 429 g/mol. The molecule has 3 aromatic rings. The van der Waals surface area contributed by atoms with Gasteiger partial charge in [-0.15, -0.1) is 24.0 Å². The van der Waals surface area contributed by atoms with Crippen molar-refractivity contribution in [2.24, 2.45) is 12.0 Å². The third kappa shape index (κ3) is 4.50. The first kappa shape index (κ1) is 19.2. The number of halogens is 1. The molecule has 0 aliphatic heterocycles. The highest BCUT2D eigenvalue weighted by Crippen LogP contribution is 2.14. The summed E-state index contributed by atoms with van der Waals surface area (Å²) in [5.74, 6) is 1.80. The smallest absolute Gasteiger partial charge is 0.191 e. The summed E-state index contributed by atoms with van der Waals surface area (Å²) in [6.07, 6.45) is 1.79. The van der Waals surface area contributed by atoms with E-state index in [9.17, 15) is 0 Å². The number of hydrogen-bond acceptors (Lipinski definition) is 3. The summed E-state index contributed by atoms with van der Waals surface area (Å²) < 4.78 is 4.07. The summed E-state index contributed by atoms with van der Waals surface area (Å²) in [7, 11) is 3.70. The number of para-hydroxylation sites is 2. The Morgan fingerprint density at radius 2 is 2.00 bits per heavy atom. The number of aryl methyl sites for hydroxylation is 2. The van der Waals surface area contributed by atoms with E-state index in [4.69, 9.17) is 0 Å². The molecule has 7 nitrogen and oxygen atoms in total. The molecule has 134 valence electrons. The molecule has 0 spiro atoms. The summed E-state index contributed by atoms with van der Waals surface area (Å²) in [5.41, 5.74) is 3.30. The third-order valence-electron chi connectivity index (χ3n) is 4.06. The topological polar surface area (TPSA) is 72.1 Å². The van der Waals surface area contributed by atoms with Gasteiger partial charge in [0.2, 0.25) is 0 Å². The Morgan fingerprint density at radius 1 is 1.20 bits per heavy atom. The molecule has 0 aliphatic rings. The lowest BCUT2D eigenvalue weighted by atomic mass is 10.3. The number of nitrogens with zero attached hydrogens (tertiary/aromatic N) is 5. The van der Waals surface area contributed by atoms with Crippen molar-refractivity contribution in [2.75, 3.05) is 13.6 Å². The van der Waals surface area contributed by atoms with Crippen LogP contribution >= 0.6 is 24.0 Å². The molecule has 8 heteroatoms. The second-order valence-corrected chi connectivity index (χ2v) is 5.60. The number of hydrogen-bond donors (Lipinski definition) is 2. The minimum atomic E-state index is 0. The molecule has 0 fully saturated rings. The second-order valence-electron chi connectivity index (χ2n) is 5.60. The van der Waals surface area contributed by atoms with Crippen LogP contribution in [-0.4, -0.2) is 38.9 Å². The van der Waals surface area contributed by atoms with Crippen molar-refractivity contribution in [3.63, 3.8) is 0 Å². The molecule has 0 atom stereocenters. The maximum absolute atomic E-state index is 4.59. The lowest BCUT2D eigenvalue weighted by Gasteiger charge is -2.13. The average molecular weight is 453 g/mol. The van der Waals surface area contributed by atoms with E-state index < -0.39 is 0 Å². The first-order chi connectivity index (χ1) is 11.7. The molecule has 0 bridgehead atoms. The molecule has 1 aromatic carbocycles. The average Bonchev–Trinajstić information content (AvgIpc) is 3.13. The minimum absolute atomic E-state index is 0. The monoisotopic (exact) mass is 453 g/mol. The van der Waals surface area contributed by atoms with Crippen LogP contribution in [0.3, 0.4) is 0 Å². The molecule has 25 heavy (non-hydrogen) atoms. The number of aliphatic imine (C=N–C) groups is 1. The summed E-state index contributed by atoms with van der Waals surface area (Å²) in [6, 6.07) is 10.2. The van der Waals surface area contributed by atoms with Crippen molar-refractivity contribution in [2.45, 2.75) is 20.0 Å². The van der Waals surface area contributed by atoms with Gasteiger partial charge in [-0.1, -0.05) is 12.1 Å². The van der Waals surface area contributed by atoms with Gasteiger partial charge in [-0.05, 0) is 25.1 Å². The maximum atomic E-state index is 4.59. The Morgan fingerprint density at radius 3 is 2.72 bits per heavy atom. The number of nitrogens with one attached hydrogen (secondary N) is 2. The van der Waals surface area contributed by atoms with Crippen LogP contribution in [0, 0.1) is 6.92 Å². The maximum Gasteiger partial charge on any atom is 0.191 e. The molecule has 3 rings (SSSR count). The van der Waals surface area contributed by atoms with E-state index in [0.29, 0.717) is 6.54 Å². The standard InChI is InChI=1S/C17H23N7.HI/c1-13-22-15-6-4-5-7-16(15)24(13)11-10-19-17(18-2)20-12-14-8-9-21-23(14)3;/h4-9H,10-12H2,1-3H3,(H2,18,19,20);1H. The van der Waals surface area contributed by atoms with Gasteiger partial charge in [-0.2, -0.15) is 5.10 Å². The predicted molar refractivity (Wildman–Crippen MR) is 111 cm³/mol. The largest absolute Gasteiger partial charge is 0.355 e. The van der Waals surface area contributed by atoms with E-state index in [1.165, 1.54) is 0 Å². The van der Waals surface area contributed by atoms with Crippen LogP contribution in [0.1, 0.15) is 11.5 Å². The highest BCUT2D eigenvalue weighted by molar-refractivity contribution is 14.0. The Bertz CT molecular complexity index is 850. The van der Waals surface area contributed by atoms with Crippen LogP contribution in [0.15, 0.2) is 41.5 Å². The number of rotatable bonds is 5. The predicted octanol–water partition coefficient (Wildman–Crippen LogP) is 2.06. The first-order valence-electron chi connectivity index (χ1n) is 8.02. The fraction of sp³-hybridized carbons (Fsp3) is 0.353. The van der Waals surface area contributed by atoms with Gasteiger partial charge >= 0.3 is 0 Å². The Kier molecular flexibility index (Phi) is 6.80. The highest BCUT2D eigenvalue weighted by Gasteiger charge is 2.06. The molecule has 0 saturated carbocycles. The third-order valence-corrected chi connectivity index (χ3v) is 4.06. The van der Waals surface area contributed by atoms with Crippen molar-refractivity contribution in [1.29, 1.82) is 0 Å². The van der Waals surface area contributed by atoms with Crippen LogP contribution in [0.2, 0.25) is 0 Å². The van der Waals surface area contributed by atoms with Crippen LogP contribution in [0.5, 0.6) is 0 Å². The van der Waals surface area contributed by atoms with Gasteiger partial charge in [0.15, 0.2) is 5.96 Å². The van der Waals surface area contributed by atoms with Crippen molar-refractivity contribution in [1.82, 2.24) is 30.0 Å². The van der Waals surface area contributed by atoms with Crippen molar-refractivity contribution in [3.05, 3.63) is 48.0 Å². The Hall–Kier alpha value is -2.10. The van der Waals surface area contributed by atoms with Crippen molar-refractivity contribution >= 4 is 41.0 Å². The summed E-state index contributed by atoms with van der Waals surface area (Å²) in [5, 5.41) is 10.8. The lowest BCUT2D eigenvalue weighted by molar-refractivity contribution is 0.650. The Balaban J connectivity index is 0.00000225. The van der Waals surface area contributed by atoms with Crippen molar-refractivity contribution < 1.29 is 0 Å². The number of aromatic nitrogens is 4. The molecule has 2 N–H and O–H groups in total. The van der Waals surface area contributed by atoms with Gasteiger partial charge in [0, 0.05) is 33.4 Å². The SMILES string of the molecule is CN=C(NCCn1c(C)nc2ccccc21)NCc1ccnn1C.I. The molecule has 0 radical (unpaired) electrons. The van der Waals surface area contributed by atoms with Crippen LogP contribution in [-0.2, 0) is 20.1 Å². The molecule has 0 aliphatic carbocycles. The number of benzene rings is 1. The van der Waals surface area contributed by atoms with E-state index >= 15 is 0 Å². The van der Waals surface area contributed by atoms with E-state index in [0.717, 1.165) is 41.6 Å². The van der Waals surface area contributed by atoms with Crippen LogP contribution in [0.25, 0.3) is 11.0 Å². The summed E-state index contributed by atoms with van der Waals surface area (Å²) in [6.45, 7) is 4.32. The van der Waals surface area contributed by atoms with Gasteiger partial charge in [0.1, 0.15) is 5.82 Å². The van der Waals surface area contributed by atoms with Gasteiger partial charge in [-0.25, -0.2) is 4.98 Å². The molecular formula is C17H24IN7. The molecule has 0 amide bonds. The minimum Gasteiger partial charge on any atom is -0.355 e. The fourth-order valence-corrected chi connectivity index (χ4v) is 2.73. The second kappa shape index (κ2) is 8.84. The number of fused-ring (bicyclic) bond motifs is 1. The highest BCUT2D eigenvalue weighted by atomic mass is 127. The van der Waals surface area contributed by atoms with E-state index in [1.54, 1.807) is 13.2 Å². The summed E-state index contributed by atoms with van der Waals surface area (Å²) >= 11 is 0. The van der Waals surface area contributed by atoms with Gasteiger partial charge in [-0.3, -0.25) is 9.67 Å². The van der Waals surface area contributed by atoms with E-state index in [2.05, 4.69) is 36.3 Å². The first-order valence-corrected chi connectivity index (χ1v) is 8.02. The number of imidazole rings is 1. The molecule has 2 heterocycles.